The summed E-state index contributed by atoms with van der Waals surface area (Å²) in [6, 6.07) is 11.3. The Balaban J connectivity index is 2.32. The number of phenolic OH excluding ortho intramolecular Hbond substituents is 1. The fourth-order valence-corrected chi connectivity index (χ4v) is 1.54. The normalized spacial score (nSPS) is 9.94. The van der Waals surface area contributed by atoms with Crippen LogP contribution in [0.5, 0.6) is 11.5 Å². The minimum atomic E-state index is 0.149. The molecule has 0 heterocycles. The third kappa shape index (κ3) is 2.09. The molecule has 0 bridgehead atoms. The Morgan fingerprint density at radius 3 is 2.56 bits per heavy atom. The first-order valence-electron chi connectivity index (χ1n) is 5.09. The number of aromatic hydroxyl groups is 1. The van der Waals surface area contributed by atoms with Crippen LogP contribution in [-0.2, 0) is 0 Å². The molecule has 0 aliphatic heterocycles. The van der Waals surface area contributed by atoms with Crippen LogP contribution in [0.25, 0.3) is 10.8 Å². The highest BCUT2D eigenvalue weighted by Gasteiger charge is 2.04. The van der Waals surface area contributed by atoms with Gasteiger partial charge in [-0.25, -0.2) is 0 Å². The lowest BCUT2D eigenvalue weighted by Gasteiger charge is -2.08. The second-order valence-corrected chi connectivity index (χ2v) is 3.47. The average molecular weight is 212 g/mol. The van der Waals surface area contributed by atoms with Crippen LogP contribution in [0.1, 0.15) is 6.42 Å². The molecule has 0 radical (unpaired) electrons. The lowest BCUT2D eigenvalue weighted by molar-refractivity contribution is 0.308. The van der Waals surface area contributed by atoms with Crippen molar-refractivity contribution in [2.45, 2.75) is 6.42 Å². The Morgan fingerprint density at radius 2 is 1.88 bits per heavy atom. The summed E-state index contributed by atoms with van der Waals surface area (Å²) in [5.41, 5.74) is 0. The quantitative estimate of drug-likeness (QED) is 0.626. The maximum Gasteiger partial charge on any atom is 0.161 e. The predicted octanol–water partition coefficient (Wildman–Crippen LogP) is 2.95. The number of ether oxygens (including phenoxy) is 1. The van der Waals surface area contributed by atoms with Crippen LogP contribution in [0.4, 0.5) is 0 Å². The molecule has 0 aliphatic rings. The van der Waals surface area contributed by atoms with Crippen LogP contribution in [-0.4, -0.2) is 11.7 Å². The van der Waals surface area contributed by atoms with Gasteiger partial charge in [0.15, 0.2) is 11.5 Å². The van der Waals surface area contributed by atoms with Gasteiger partial charge in [0.1, 0.15) is 0 Å². The third-order valence-electron chi connectivity index (χ3n) is 2.33. The lowest BCUT2D eigenvalue weighted by Crippen LogP contribution is -1.95. The van der Waals surface area contributed by atoms with Crippen molar-refractivity contribution < 1.29 is 9.84 Å². The van der Waals surface area contributed by atoms with E-state index in [1.807, 2.05) is 30.3 Å². The SMILES string of the molecule is C#CCCOc1cc2ccccc2cc1O. The Labute approximate surface area is 94.5 Å². The third-order valence-corrected chi connectivity index (χ3v) is 2.33. The van der Waals surface area contributed by atoms with E-state index >= 15 is 0 Å². The summed E-state index contributed by atoms with van der Waals surface area (Å²) in [6.07, 6.45) is 5.66. The van der Waals surface area contributed by atoms with Crippen molar-refractivity contribution >= 4 is 10.8 Å². The Bertz CT molecular complexity index is 538. The van der Waals surface area contributed by atoms with Crippen molar-refractivity contribution in [2.75, 3.05) is 6.61 Å². The standard InChI is InChI=1S/C14H12O2/c1-2-3-8-16-14-10-12-7-5-4-6-11(12)9-13(14)15/h1,4-7,9-10,15H,3,8H2. The number of rotatable bonds is 3. The van der Waals surface area contributed by atoms with Gasteiger partial charge >= 0.3 is 0 Å². The van der Waals surface area contributed by atoms with E-state index in [4.69, 9.17) is 11.2 Å². The highest BCUT2D eigenvalue weighted by Crippen LogP contribution is 2.31. The minimum Gasteiger partial charge on any atom is -0.504 e. The van der Waals surface area contributed by atoms with Crippen LogP contribution in [0.2, 0.25) is 0 Å². The van der Waals surface area contributed by atoms with Crippen molar-refractivity contribution in [3.8, 4) is 23.8 Å². The summed E-state index contributed by atoms with van der Waals surface area (Å²) >= 11 is 0. The summed E-state index contributed by atoms with van der Waals surface area (Å²) in [4.78, 5) is 0. The van der Waals surface area contributed by atoms with E-state index in [2.05, 4.69) is 5.92 Å². The van der Waals surface area contributed by atoms with E-state index < -0.39 is 0 Å². The summed E-state index contributed by atoms with van der Waals surface area (Å²) in [5, 5.41) is 11.8. The summed E-state index contributed by atoms with van der Waals surface area (Å²) in [6.45, 7) is 0.419. The molecule has 0 amide bonds. The van der Waals surface area contributed by atoms with Gasteiger partial charge in [-0.1, -0.05) is 24.3 Å². The Kier molecular flexibility index (Phi) is 2.98. The van der Waals surface area contributed by atoms with Crippen molar-refractivity contribution in [1.29, 1.82) is 0 Å². The van der Waals surface area contributed by atoms with Gasteiger partial charge < -0.3 is 9.84 Å². The first kappa shape index (κ1) is 10.4. The molecule has 0 saturated carbocycles. The van der Waals surface area contributed by atoms with Crippen LogP contribution in [0.15, 0.2) is 36.4 Å². The predicted molar refractivity (Wildman–Crippen MR) is 64.6 cm³/mol. The number of terminal acetylenes is 1. The van der Waals surface area contributed by atoms with Gasteiger partial charge in [-0.15, -0.1) is 12.3 Å². The van der Waals surface area contributed by atoms with E-state index in [-0.39, 0.29) is 5.75 Å². The smallest absolute Gasteiger partial charge is 0.161 e. The molecule has 80 valence electrons. The van der Waals surface area contributed by atoms with Crippen LogP contribution < -0.4 is 4.74 Å². The molecule has 0 spiro atoms. The van der Waals surface area contributed by atoms with Crippen LogP contribution in [0.3, 0.4) is 0 Å². The fraction of sp³-hybridized carbons (Fsp3) is 0.143. The first-order chi connectivity index (χ1) is 7.81. The monoisotopic (exact) mass is 212 g/mol. The van der Waals surface area contributed by atoms with E-state index in [9.17, 15) is 5.11 Å². The second-order valence-electron chi connectivity index (χ2n) is 3.47. The van der Waals surface area contributed by atoms with E-state index in [1.54, 1.807) is 6.07 Å². The molecule has 0 fully saturated rings. The van der Waals surface area contributed by atoms with E-state index in [1.165, 1.54) is 0 Å². The molecule has 2 rings (SSSR count). The molecule has 0 saturated heterocycles. The number of fused-ring (bicyclic) bond motifs is 1. The number of hydrogen-bond acceptors (Lipinski definition) is 2. The van der Waals surface area contributed by atoms with Gasteiger partial charge in [0.05, 0.1) is 6.61 Å². The summed E-state index contributed by atoms with van der Waals surface area (Å²) in [7, 11) is 0. The maximum absolute atomic E-state index is 9.73. The largest absolute Gasteiger partial charge is 0.504 e. The van der Waals surface area contributed by atoms with E-state index in [0.717, 1.165) is 10.8 Å². The summed E-state index contributed by atoms with van der Waals surface area (Å²) < 4.78 is 5.39. The Hall–Kier alpha value is -2.14. The lowest BCUT2D eigenvalue weighted by atomic mass is 10.1. The second kappa shape index (κ2) is 4.59. The molecule has 2 aromatic carbocycles. The zero-order valence-corrected chi connectivity index (χ0v) is 8.81. The van der Waals surface area contributed by atoms with Gasteiger partial charge in [0.2, 0.25) is 0 Å². The molecular weight excluding hydrogens is 200 g/mol. The maximum atomic E-state index is 9.73. The van der Waals surface area contributed by atoms with Gasteiger partial charge in [0.25, 0.3) is 0 Å². The van der Waals surface area contributed by atoms with Gasteiger partial charge in [-0.2, -0.15) is 0 Å². The minimum absolute atomic E-state index is 0.149. The topological polar surface area (TPSA) is 29.5 Å². The number of hydrogen-bond donors (Lipinski definition) is 1. The van der Waals surface area contributed by atoms with Gasteiger partial charge in [-0.3, -0.25) is 0 Å². The fourth-order valence-electron chi connectivity index (χ4n) is 1.54. The molecule has 0 atom stereocenters. The van der Waals surface area contributed by atoms with Crippen LogP contribution in [0, 0.1) is 12.3 Å². The summed E-state index contributed by atoms with van der Waals surface area (Å²) in [5.74, 6) is 3.12. The molecule has 0 aromatic heterocycles. The average Bonchev–Trinajstić information content (AvgIpc) is 2.30. The van der Waals surface area contributed by atoms with Crippen molar-refractivity contribution in [2.24, 2.45) is 0 Å². The molecular formula is C14H12O2. The van der Waals surface area contributed by atoms with Crippen molar-refractivity contribution in [1.82, 2.24) is 0 Å². The molecule has 16 heavy (non-hydrogen) atoms. The number of phenols is 1. The van der Waals surface area contributed by atoms with Gasteiger partial charge in [-0.05, 0) is 22.9 Å². The highest BCUT2D eigenvalue weighted by atomic mass is 16.5. The van der Waals surface area contributed by atoms with Crippen molar-refractivity contribution in [3.63, 3.8) is 0 Å². The highest BCUT2D eigenvalue weighted by molar-refractivity contribution is 5.85. The zero-order chi connectivity index (χ0) is 11.4. The molecule has 2 nitrogen and oxygen atoms in total. The molecule has 2 aromatic rings. The van der Waals surface area contributed by atoms with Gasteiger partial charge in [0, 0.05) is 6.42 Å². The van der Waals surface area contributed by atoms with Crippen LogP contribution >= 0.6 is 0 Å². The molecule has 2 heteroatoms. The molecule has 1 N–H and O–H groups in total. The molecule has 0 aliphatic carbocycles. The number of benzene rings is 2. The Morgan fingerprint density at radius 1 is 1.19 bits per heavy atom. The molecule has 0 unspecified atom stereocenters. The zero-order valence-electron chi connectivity index (χ0n) is 8.81. The van der Waals surface area contributed by atoms with Crippen molar-refractivity contribution in [3.05, 3.63) is 36.4 Å². The van der Waals surface area contributed by atoms with E-state index in [0.29, 0.717) is 18.8 Å². The first-order valence-corrected chi connectivity index (χ1v) is 5.09.